The Hall–Kier alpha value is -1.14. The number of anilines is 2. The van der Waals surface area contributed by atoms with Gasteiger partial charge in [0.2, 0.25) is 0 Å². The summed E-state index contributed by atoms with van der Waals surface area (Å²) in [5.74, 6) is 0. The number of nitrogens with zero attached hydrogens (tertiary/aromatic N) is 2. The average Bonchev–Trinajstić information content (AvgIpc) is 2.78. The molecule has 0 bridgehead atoms. The largest absolute Gasteiger partial charge is 0.400 e. The zero-order chi connectivity index (χ0) is 20.9. The van der Waals surface area contributed by atoms with E-state index in [1.54, 1.807) is 0 Å². The highest BCUT2D eigenvalue weighted by Crippen LogP contribution is 2.49. The molecule has 0 amide bonds. The number of fused-ring (bicyclic) bond motifs is 2. The number of para-hydroxylation sites is 1. The van der Waals surface area contributed by atoms with Crippen molar-refractivity contribution >= 4 is 34.9 Å². The number of quaternary nitrogens is 1. The quantitative estimate of drug-likeness (QED) is 0.461. The minimum absolute atomic E-state index is 0.790. The monoisotopic (exact) mass is 431 g/mol. The van der Waals surface area contributed by atoms with Crippen LogP contribution in [0.1, 0.15) is 32.6 Å². The van der Waals surface area contributed by atoms with E-state index in [-0.39, 0.29) is 0 Å². The molecule has 1 fully saturated rings. The number of benzene rings is 2. The topological polar surface area (TPSA) is 23.5 Å². The van der Waals surface area contributed by atoms with E-state index in [1.807, 2.05) is 23.5 Å². The molecule has 2 aliphatic heterocycles. The normalized spacial score (nSPS) is 22.9. The molecule has 2 atom stereocenters. The van der Waals surface area contributed by atoms with Gasteiger partial charge in [-0.25, -0.2) is 0 Å². The number of hydrogen-bond acceptors (Lipinski definition) is 4. The summed E-state index contributed by atoms with van der Waals surface area (Å²) < 4.78 is 1.25. The third-order valence-electron chi connectivity index (χ3n) is 6.58. The smallest absolute Gasteiger partial charge is 0.0905 e. The molecular weight excluding hydrogens is 396 g/mol. The van der Waals surface area contributed by atoms with Crippen LogP contribution in [0.2, 0.25) is 0 Å². The predicted octanol–water partition coefficient (Wildman–Crippen LogP) is 6.03. The number of aliphatic hydroxyl groups excluding tert-OH is 1. The molecule has 5 heteroatoms. The van der Waals surface area contributed by atoms with Gasteiger partial charge in [0, 0.05) is 34.8 Å². The Labute approximate surface area is 185 Å². The summed E-state index contributed by atoms with van der Waals surface area (Å²) >= 11 is 3.75. The Morgan fingerprint density at radius 1 is 1.10 bits per heavy atom. The minimum Gasteiger partial charge on any atom is -0.400 e. The Morgan fingerprint density at radius 2 is 1.86 bits per heavy atom. The SMILES string of the molecule is CC[N+]1(C)CCCCC1CCN1c2ccccc2Sc2ccc(SC)cc21.CO. The van der Waals surface area contributed by atoms with Crippen LogP contribution in [0, 0.1) is 0 Å². The van der Waals surface area contributed by atoms with Crippen LogP contribution in [-0.2, 0) is 0 Å². The number of aliphatic hydroxyl groups is 1. The van der Waals surface area contributed by atoms with Crippen molar-refractivity contribution in [2.75, 3.05) is 44.9 Å². The highest BCUT2D eigenvalue weighted by molar-refractivity contribution is 8.00. The lowest BCUT2D eigenvalue weighted by Crippen LogP contribution is -2.55. The van der Waals surface area contributed by atoms with Crippen LogP contribution in [0.25, 0.3) is 0 Å². The Kier molecular flexibility index (Phi) is 7.97. The average molecular weight is 432 g/mol. The highest BCUT2D eigenvalue weighted by atomic mass is 32.2. The summed E-state index contributed by atoms with van der Waals surface area (Å²) in [6, 6.07) is 16.7. The Balaban J connectivity index is 0.00000117. The fourth-order valence-electron chi connectivity index (χ4n) is 4.67. The van der Waals surface area contributed by atoms with Crippen LogP contribution in [0.5, 0.6) is 0 Å². The molecule has 1 N–H and O–H groups in total. The first-order valence-corrected chi connectivity index (χ1v) is 12.7. The lowest BCUT2D eigenvalue weighted by Gasteiger charge is -2.45. The molecule has 2 unspecified atom stereocenters. The first-order valence-electron chi connectivity index (χ1n) is 10.7. The van der Waals surface area contributed by atoms with Gasteiger partial charge in [-0.05, 0) is 62.8 Å². The third-order valence-corrected chi connectivity index (χ3v) is 8.43. The maximum atomic E-state index is 7.00. The minimum atomic E-state index is 0.790. The lowest BCUT2D eigenvalue weighted by atomic mass is 9.96. The summed E-state index contributed by atoms with van der Waals surface area (Å²) in [5.41, 5.74) is 2.78. The van der Waals surface area contributed by atoms with Crippen molar-refractivity contribution in [2.24, 2.45) is 0 Å². The summed E-state index contributed by atoms with van der Waals surface area (Å²) in [6.07, 6.45) is 7.61. The molecule has 0 radical (unpaired) electrons. The van der Waals surface area contributed by atoms with Crippen molar-refractivity contribution in [2.45, 2.75) is 53.3 Å². The van der Waals surface area contributed by atoms with E-state index >= 15 is 0 Å². The maximum absolute atomic E-state index is 7.00. The second-order valence-electron chi connectivity index (χ2n) is 8.01. The molecule has 2 aromatic rings. The number of thioether (sulfide) groups is 1. The van der Waals surface area contributed by atoms with Crippen molar-refractivity contribution in [3.05, 3.63) is 42.5 Å². The molecule has 2 aliphatic rings. The van der Waals surface area contributed by atoms with Crippen LogP contribution in [0.3, 0.4) is 0 Å². The summed E-state index contributed by atoms with van der Waals surface area (Å²) in [4.78, 5) is 6.72. The second-order valence-corrected chi connectivity index (χ2v) is 9.98. The number of piperidine rings is 1. The fraction of sp³-hybridized carbons (Fsp3) is 0.500. The molecule has 0 aromatic heterocycles. The molecule has 1 saturated heterocycles. The Morgan fingerprint density at radius 3 is 2.62 bits per heavy atom. The van der Waals surface area contributed by atoms with Crippen molar-refractivity contribution in [1.82, 2.24) is 0 Å². The van der Waals surface area contributed by atoms with Gasteiger partial charge in [0.1, 0.15) is 0 Å². The molecular formula is C24H35N2OS2+. The molecule has 29 heavy (non-hydrogen) atoms. The summed E-state index contributed by atoms with van der Waals surface area (Å²) in [7, 11) is 3.48. The highest BCUT2D eigenvalue weighted by Gasteiger charge is 2.34. The number of rotatable bonds is 5. The molecule has 2 aromatic carbocycles. The zero-order valence-electron chi connectivity index (χ0n) is 18.2. The second kappa shape index (κ2) is 10.3. The van der Waals surface area contributed by atoms with Gasteiger partial charge in [-0.2, -0.15) is 0 Å². The molecule has 0 saturated carbocycles. The van der Waals surface area contributed by atoms with Gasteiger partial charge < -0.3 is 14.5 Å². The number of likely N-dealkylation sites (tertiary alicyclic amines) is 1. The van der Waals surface area contributed by atoms with E-state index in [2.05, 4.69) is 67.6 Å². The van der Waals surface area contributed by atoms with Gasteiger partial charge in [0.25, 0.3) is 0 Å². The zero-order valence-corrected chi connectivity index (χ0v) is 19.9. The molecule has 4 rings (SSSR count). The van der Waals surface area contributed by atoms with Gasteiger partial charge in [0.05, 0.1) is 37.6 Å². The van der Waals surface area contributed by atoms with Gasteiger partial charge in [0.15, 0.2) is 0 Å². The van der Waals surface area contributed by atoms with E-state index in [0.717, 1.165) is 19.7 Å². The number of hydrogen-bond donors (Lipinski definition) is 1. The Bertz CT molecular complexity index is 813. The standard InChI is InChI=1S/C23H31N2S2.CH4O/c1-4-25(2)16-8-7-9-18(25)14-15-24-20-10-5-6-11-22(20)27-23-13-12-19(26-3)17-21(23)24;1-2/h5-6,10-13,17-18H,4,7-9,14-16H2,1-3H3;2H,1H3/q+1;. The third kappa shape index (κ3) is 4.79. The molecule has 0 aliphatic carbocycles. The van der Waals surface area contributed by atoms with Crippen molar-refractivity contribution in [3.8, 4) is 0 Å². The van der Waals surface area contributed by atoms with Gasteiger partial charge in [-0.15, -0.1) is 11.8 Å². The molecule has 3 nitrogen and oxygen atoms in total. The summed E-state index contributed by atoms with van der Waals surface area (Å²) in [6.45, 7) is 6.08. The van der Waals surface area contributed by atoms with E-state index < -0.39 is 0 Å². The maximum Gasteiger partial charge on any atom is 0.0905 e. The summed E-state index contributed by atoms with van der Waals surface area (Å²) in [5, 5.41) is 7.00. The van der Waals surface area contributed by atoms with E-state index in [0.29, 0.717) is 0 Å². The van der Waals surface area contributed by atoms with Crippen LogP contribution in [0.15, 0.2) is 57.2 Å². The van der Waals surface area contributed by atoms with Crippen molar-refractivity contribution in [1.29, 1.82) is 0 Å². The van der Waals surface area contributed by atoms with Gasteiger partial charge in [-0.1, -0.05) is 23.9 Å². The van der Waals surface area contributed by atoms with E-state index in [9.17, 15) is 0 Å². The van der Waals surface area contributed by atoms with Gasteiger partial charge in [-0.3, -0.25) is 0 Å². The van der Waals surface area contributed by atoms with Crippen LogP contribution in [0.4, 0.5) is 11.4 Å². The van der Waals surface area contributed by atoms with Crippen molar-refractivity contribution in [3.63, 3.8) is 0 Å². The first-order chi connectivity index (χ1) is 14.1. The van der Waals surface area contributed by atoms with Crippen LogP contribution < -0.4 is 4.90 Å². The molecule has 158 valence electrons. The molecule has 0 spiro atoms. The van der Waals surface area contributed by atoms with E-state index in [1.165, 1.54) is 69.3 Å². The van der Waals surface area contributed by atoms with Crippen LogP contribution in [-0.4, -0.2) is 55.7 Å². The fourth-order valence-corrected chi connectivity index (χ4v) is 6.18. The van der Waals surface area contributed by atoms with Gasteiger partial charge >= 0.3 is 0 Å². The molecule has 2 heterocycles. The van der Waals surface area contributed by atoms with Crippen molar-refractivity contribution < 1.29 is 9.59 Å². The van der Waals surface area contributed by atoms with Crippen LogP contribution >= 0.6 is 23.5 Å². The first kappa shape index (κ1) is 22.5. The predicted molar refractivity (Wildman–Crippen MR) is 128 cm³/mol. The lowest BCUT2D eigenvalue weighted by molar-refractivity contribution is -0.936. The van der Waals surface area contributed by atoms with E-state index in [4.69, 9.17) is 5.11 Å².